The molecule has 0 aliphatic heterocycles. The first-order valence-corrected chi connectivity index (χ1v) is 5.09. The van der Waals surface area contributed by atoms with Crippen LogP contribution in [0.25, 0.3) is 0 Å². The zero-order valence-electron chi connectivity index (χ0n) is 8.59. The summed E-state index contributed by atoms with van der Waals surface area (Å²) < 4.78 is 18.9. The average Bonchev–Trinajstić information content (AvgIpc) is 2.94. The molecule has 2 rings (SSSR count). The third-order valence-electron chi connectivity index (χ3n) is 2.69. The fourth-order valence-corrected chi connectivity index (χ4v) is 1.56. The molecule has 1 aromatic carbocycles. The van der Waals surface area contributed by atoms with Crippen molar-refractivity contribution < 1.29 is 9.13 Å². The normalized spacial score (nSPS) is 17.9. The molecule has 1 atom stereocenters. The van der Waals surface area contributed by atoms with E-state index in [2.05, 4.69) is 0 Å². The van der Waals surface area contributed by atoms with Crippen LogP contribution in [0.5, 0.6) is 5.75 Å². The number of rotatable bonds is 3. The lowest BCUT2D eigenvalue weighted by Gasteiger charge is -2.14. The van der Waals surface area contributed by atoms with Gasteiger partial charge in [-0.3, -0.25) is 0 Å². The van der Waals surface area contributed by atoms with Gasteiger partial charge in [0.2, 0.25) is 0 Å². The van der Waals surface area contributed by atoms with Gasteiger partial charge < -0.3 is 4.74 Å². The van der Waals surface area contributed by atoms with E-state index >= 15 is 0 Å². The molecule has 0 N–H and O–H groups in total. The second-order valence-electron chi connectivity index (χ2n) is 4.09. The van der Waals surface area contributed by atoms with E-state index in [0.29, 0.717) is 11.7 Å². The van der Waals surface area contributed by atoms with E-state index in [-0.39, 0.29) is 11.9 Å². The molecule has 0 spiro atoms. The molecular formula is C12H15FO. The molecule has 0 unspecified atom stereocenters. The third kappa shape index (κ3) is 2.06. The lowest BCUT2D eigenvalue weighted by Crippen LogP contribution is -2.14. The number of ether oxygens (including phenoxy) is 1. The maximum Gasteiger partial charge on any atom is 0.165 e. The van der Waals surface area contributed by atoms with Gasteiger partial charge in [0, 0.05) is 0 Å². The predicted molar refractivity (Wildman–Crippen MR) is 54.0 cm³/mol. The molecule has 76 valence electrons. The average molecular weight is 194 g/mol. The topological polar surface area (TPSA) is 9.23 Å². The van der Waals surface area contributed by atoms with Crippen LogP contribution in [0.2, 0.25) is 0 Å². The largest absolute Gasteiger partial charge is 0.487 e. The molecule has 1 aliphatic rings. The standard InChI is InChI=1S/C12H15FO/c1-8-3-6-11(13)12(7-8)14-9(2)10-4-5-10/h3,6-7,9-10H,4-5H2,1-2H3/t9-/m0/s1. The summed E-state index contributed by atoms with van der Waals surface area (Å²) in [4.78, 5) is 0. The molecule has 1 saturated carbocycles. The van der Waals surface area contributed by atoms with Crippen LogP contribution in [0.4, 0.5) is 4.39 Å². The van der Waals surface area contributed by atoms with Crippen LogP contribution >= 0.6 is 0 Å². The monoisotopic (exact) mass is 194 g/mol. The summed E-state index contributed by atoms with van der Waals surface area (Å²) in [6.45, 7) is 3.95. The van der Waals surface area contributed by atoms with Gasteiger partial charge in [-0.05, 0) is 50.3 Å². The van der Waals surface area contributed by atoms with Gasteiger partial charge in [-0.1, -0.05) is 6.07 Å². The van der Waals surface area contributed by atoms with E-state index in [1.807, 2.05) is 13.8 Å². The van der Waals surface area contributed by atoms with Gasteiger partial charge in [0.1, 0.15) is 0 Å². The van der Waals surface area contributed by atoms with Crippen molar-refractivity contribution in [3.05, 3.63) is 29.6 Å². The summed E-state index contributed by atoms with van der Waals surface area (Å²) >= 11 is 0. The molecule has 2 heteroatoms. The van der Waals surface area contributed by atoms with Gasteiger partial charge in [0.25, 0.3) is 0 Å². The Kier molecular flexibility index (Phi) is 2.44. The molecule has 1 aromatic rings. The maximum absolute atomic E-state index is 13.3. The van der Waals surface area contributed by atoms with E-state index in [4.69, 9.17) is 4.74 Å². The molecule has 0 saturated heterocycles. The molecule has 0 amide bonds. The molecule has 0 bridgehead atoms. The van der Waals surface area contributed by atoms with Gasteiger partial charge in [0.15, 0.2) is 11.6 Å². The van der Waals surface area contributed by atoms with Crippen molar-refractivity contribution in [3.63, 3.8) is 0 Å². The third-order valence-corrected chi connectivity index (χ3v) is 2.69. The Labute approximate surface area is 83.9 Å². The molecule has 0 heterocycles. The van der Waals surface area contributed by atoms with Crippen molar-refractivity contribution >= 4 is 0 Å². The molecule has 1 fully saturated rings. The number of hydrogen-bond acceptors (Lipinski definition) is 1. The van der Waals surface area contributed by atoms with Crippen LogP contribution in [0.3, 0.4) is 0 Å². The van der Waals surface area contributed by atoms with Crippen molar-refractivity contribution in [1.82, 2.24) is 0 Å². The van der Waals surface area contributed by atoms with Crippen LogP contribution in [0.15, 0.2) is 18.2 Å². The minimum Gasteiger partial charge on any atom is -0.487 e. The summed E-state index contributed by atoms with van der Waals surface area (Å²) in [5.41, 5.74) is 1.03. The highest BCUT2D eigenvalue weighted by atomic mass is 19.1. The summed E-state index contributed by atoms with van der Waals surface area (Å²) in [7, 11) is 0. The highest BCUT2D eigenvalue weighted by molar-refractivity contribution is 5.29. The van der Waals surface area contributed by atoms with Gasteiger partial charge in [-0.15, -0.1) is 0 Å². The summed E-state index contributed by atoms with van der Waals surface area (Å²) in [6, 6.07) is 4.97. The Morgan fingerprint density at radius 1 is 1.43 bits per heavy atom. The summed E-state index contributed by atoms with van der Waals surface area (Å²) in [5.74, 6) is 0.766. The highest BCUT2D eigenvalue weighted by Gasteiger charge is 2.29. The summed E-state index contributed by atoms with van der Waals surface area (Å²) in [6.07, 6.45) is 2.58. The Hall–Kier alpha value is -1.05. The van der Waals surface area contributed by atoms with E-state index in [9.17, 15) is 4.39 Å². The van der Waals surface area contributed by atoms with E-state index in [1.165, 1.54) is 18.9 Å². The lowest BCUT2D eigenvalue weighted by molar-refractivity contribution is 0.189. The van der Waals surface area contributed by atoms with Crippen LogP contribution in [0, 0.1) is 18.7 Å². The molecule has 1 aliphatic carbocycles. The highest BCUT2D eigenvalue weighted by Crippen LogP contribution is 2.35. The van der Waals surface area contributed by atoms with Crippen molar-refractivity contribution in [2.45, 2.75) is 32.8 Å². The van der Waals surface area contributed by atoms with Crippen LogP contribution in [-0.2, 0) is 0 Å². The van der Waals surface area contributed by atoms with E-state index < -0.39 is 0 Å². The smallest absolute Gasteiger partial charge is 0.165 e. The first-order valence-electron chi connectivity index (χ1n) is 5.09. The molecule has 0 aromatic heterocycles. The second kappa shape index (κ2) is 3.60. The molecule has 14 heavy (non-hydrogen) atoms. The Bertz CT molecular complexity index is 331. The molecule has 0 radical (unpaired) electrons. The predicted octanol–water partition coefficient (Wildman–Crippen LogP) is 3.31. The Morgan fingerprint density at radius 2 is 2.14 bits per heavy atom. The minimum atomic E-state index is -0.261. The van der Waals surface area contributed by atoms with Crippen LogP contribution in [-0.4, -0.2) is 6.10 Å². The Balaban J connectivity index is 2.10. The lowest BCUT2D eigenvalue weighted by atomic mass is 10.2. The van der Waals surface area contributed by atoms with Crippen molar-refractivity contribution in [3.8, 4) is 5.75 Å². The van der Waals surface area contributed by atoms with Crippen LogP contribution in [0.1, 0.15) is 25.3 Å². The van der Waals surface area contributed by atoms with E-state index in [1.54, 1.807) is 12.1 Å². The number of halogens is 1. The quantitative estimate of drug-likeness (QED) is 0.717. The van der Waals surface area contributed by atoms with Gasteiger partial charge >= 0.3 is 0 Å². The van der Waals surface area contributed by atoms with Gasteiger partial charge in [-0.2, -0.15) is 0 Å². The first kappa shape index (κ1) is 9.50. The SMILES string of the molecule is Cc1ccc(F)c(O[C@@H](C)C2CC2)c1. The van der Waals surface area contributed by atoms with Crippen molar-refractivity contribution in [2.75, 3.05) is 0 Å². The van der Waals surface area contributed by atoms with Crippen molar-refractivity contribution in [1.29, 1.82) is 0 Å². The fourth-order valence-electron chi connectivity index (χ4n) is 1.56. The molecule has 1 nitrogen and oxygen atoms in total. The zero-order valence-corrected chi connectivity index (χ0v) is 8.59. The number of aryl methyl sites for hydroxylation is 1. The van der Waals surface area contributed by atoms with Gasteiger partial charge in [-0.25, -0.2) is 4.39 Å². The number of benzene rings is 1. The second-order valence-corrected chi connectivity index (χ2v) is 4.09. The first-order chi connectivity index (χ1) is 6.66. The summed E-state index contributed by atoms with van der Waals surface area (Å²) in [5, 5.41) is 0. The minimum absolute atomic E-state index is 0.145. The van der Waals surface area contributed by atoms with Crippen LogP contribution < -0.4 is 4.74 Å². The molecular weight excluding hydrogens is 179 g/mol. The van der Waals surface area contributed by atoms with Gasteiger partial charge in [0.05, 0.1) is 6.10 Å². The fraction of sp³-hybridized carbons (Fsp3) is 0.500. The number of hydrogen-bond donors (Lipinski definition) is 0. The van der Waals surface area contributed by atoms with Crippen molar-refractivity contribution in [2.24, 2.45) is 5.92 Å². The zero-order chi connectivity index (χ0) is 10.1. The van der Waals surface area contributed by atoms with E-state index in [0.717, 1.165) is 5.56 Å². The Morgan fingerprint density at radius 3 is 2.79 bits per heavy atom. The maximum atomic E-state index is 13.3.